The van der Waals surface area contributed by atoms with Crippen LogP contribution in [0.4, 0.5) is 5.69 Å². The molecule has 124 valence electrons. The first kappa shape index (κ1) is 15.1. The van der Waals surface area contributed by atoms with Gasteiger partial charge in [-0.25, -0.2) is 0 Å². The topological polar surface area (TPSA) is 15.3 Å². The van der Waals surface area contributed by atoms with Gasteiger partial charge in [0, 0.05) is 36.3 Å². The molecule has 1 fully saturated rings. The molecule has 1 saturated heterocycles. The number of nitrogens with zero attached hydrogens (tertiary/aromatic N) is 1. The van der Waals surface area contributed by atoms with Crippen molar-refractivity contribution in [3.63, 3.8) is 0 Å². The Kier molecular flexibility index (Phi) is 3.55. The minimum atomic E-state index is 0.600. The molecule has 2 nitrogen and oxygen atoms in total. The van der Waals surface area contributed by atoms with Crippen molar-refractivity contribution in [2.75, 3.05) is 24.5 Å². The Hall–Kier alpha value is -1.22. The minimum Gasteiger partial charge on any atom is -0.367 e. The number of hydrogen-bond donors (Lipinski definition) is 1. The molecule has 2 aromatic carbocycles. The lowest BCUT2D eigenvalue weighted by atomic mass is 9.87. The van der Waals surface area contributed by atoms with Crippen LogP contribution in [-0.2, 0) is 6.42 Å². The molecule has 2 aromatic rings. The third-order valence-corrected chi connectivity index (χ3v) is 6.68. The van der Waals surface area contributed by atoms with Crippen LogP contribution in [0.3, 0.4) is 0 Å². The van der Waals surface area contributed by atoms with Crippen molar-refractivity contribution >= 4 is 28.9 Å². The number of anilines is 1. The predicted molar refractivity (Wildman–Crippen MR) is 102 cm³/mol. The fourth-order valence-corrected chi connectivity index (χ4v) is 5.25. The first-order chi connectivity index (χ1) is 11.7. The normalized spacial score (nSPS) is 24.7. The minimum absolute atomic E-state index is 0.600. The van der Waals surface area contributed by atoms with Gasteiger partial charge in [0.15, 0.2) is 0 Å². The summed E-state index contributed by atoms with van der Waals surface area (Å²) in [4.78, 5) is 2.68. The highest BCUT2D eigenvalue weighted by Gasteiger charge is 2.42. The van der Waals surface area contributed by atoms with Gasteiger partial charge >= 0.3 is 0 Å². The fourth-order valence-electron chi connectivity index (χ4n) is 4.84. The lowest BCUT2D eigenvalue weighted by molar-refractivity contribution is 0.400. The van der Waals surface area contributed by atoms with E-state index in [0.717, 1.165) is 25.1 Å². The van der Waals surface area contributed by atoms with Gasteiger partial charge in [0.25, 0.3) is 0 Å². The molecule has 4 heteroatoms. The molecule has 0 spiro atoms. The number of hydrogen-bond acceptors (Lipinski definition) is 2. The Balaban J connectivity index is 1.70. The molecule has 5 rings (SSSR count). The van der Waals surface area contributed by atoms with E-state index in [9.17, 15) is 0 Å². The molecule has 1 N–H and O–H groups in total. The average Bonchev–Trinajstić information content (AvgIpc) is 2.94. The van der Waals surface area contributed by atoms with Gasteiger partial charge in [0.2, 0.25) is 0 Å². The van der Waals surface area contributed by atoms with E-state index < -0.39 is 0 Å². The number of aryl methyl sites for hydroxylation is 1. The Morgan fingerprint density at radius 3 is 3.00 bits per heavy atom. The molecule has 0 aromatic heterocycles. The standard InChI is InChI=1S/C20H20Cl2N2/c21-17-5-1-4-14(19(17)22)13-9-12-3-2-8-24-18-6-7-23-11-16(18)15(10-13)20(12)24/h1,4-5,9-10,16,18,23H,2-3,6-8,11H2/t16-,18-/m0/s1. The molecule has 0 saturated carbocycles. The van der Waals surface area contributed by atoms with Gasteiger partial charge in [-0.05, 0) is 60.7 Å². The van der Waals surface area contributed by atoms with Crippen LogP contribution in [0.25, 0.3) is 11.1 Å². The average molecular weight is 359 g/mol. The summed E-state index contributed by atoms with van der Waals surface area (Å²) in [5.41, 5.74) is 6.77. The maximum absolute atomic E-state index is 6.50. The third kappa shape index (κ3) is 2.13. The highest BCUT2D eigenvalue weighted by atomic mass is 35.5. The number of piperidine rings is 1. The third-order valence-electron chi connectivity index (χ3n) is 5.86. The first-order valence-corrected chi connectivity index (χ1v) is 9.58. The SMILES string of the molecule is Clc1cccc(-c2cc3c4c(c2)[C@@H]2CNCC[C@@H]2N4CCC3)c1Cl. The van der Waals surface area contributed by atoms with Crippen LogP contribution in [0.2, 0.25) is 10.0 Å². The molecule has 0 radical (unpaired) electrons. The summed E-state index contributed by atoms with van der Waals surface area (Å²) >= 11 is 12.7. The van der Waals surface area contributed by atoms with E-state index in [1.807, 2.05) is 12.1 Å². The zero-order valence-corrected chi connectivity index (χ0v) is 15.0. The monoisotopic (exact) mass is 358 g/mol. The van der Waals surface area contributed by atoms with Crippen LogP contribution in [0.15, 0.2) is 30.3 Å². The summed E-state index contributed by atoms with van der Waals surface area (Å²) in [6, 6.07) is 11.3. The Morgan fingerprint density at radius 2 is 2.08 bits per heavy atom. The second-order valence-electron chi connectivity index (χ2n) is 7.14. The highest BCUT2D eigenvalue weighted by molar-refractivity contribution is 6.43. The van der Waals surface area contributed by atoms with Crippen molar-refractivity contribution in [3.8, 4) is 11.1 Å². The van der Waals surface area contributed by atoms with Gasteiger partial charge < -0.3 is 10.2 Å². The molecule has 0 amide bonds. The fraction of sp³-hybridized carbons (Fsp3) is 0.400. The first-order valence-electron chi connectivity index (χ1n) is 8.82. The summed E-state index contributed by atoms with van der Waals surface area (Å²) < 4.78 is 0. The maximum Gasteiger partial charge on any atom is 0.0670 e. The number of nitrogens with one attached hydrogen (secondary N) is 1. The zero-order chi connectivity index (χ0) is 16.3. The van der Waals surface area contributed by atoms with Gasteiger partial charge in [0.05, 0.1) is 10.0 Å². The molecule has 0 aliphatic carbocycles. The van der Waals surface area contributed by atoms with Crippen molar-refractivity contribution in [1.82, 2.24) is 5.32 Å². The number of rotatable bonds is 1. The second-order valence-corrected chi connectivity index (χ2v) is 7.92. The smallest absolute Gasteiger partial charge is 0.0670 e. The number of halogens is 2. The molecular formula is C20H20Cl2N2. The van der Waals surface area contributed by atoms with Crippen molar-refractivity contribution in [2.24, 2.45) is 0 Å². The Labute approximate surface area is 152 Å². The molecular weight excluding hydrogens is 339 g/mol. The number of benzene rings is 2. The van der Waals surface area contributed by atoms with Crippen LogP contribution < -0.4 is 10.2 Å². The van der Waals surface area contributed by atoms with E-state index >= 15 is 0 Å². The quantitative estimate of drug-likeness (QED) is 0.781. The predicted octanol–water partition coefficient (Wildman–Crippen LogP) is 4.87. The molecule has 3 aliphatic heterocycles. The van der Waals surface area contributed by atoms with Crippen molar-refractivity contribution < 1.29 is 0 Å². The summed E-state index contributed by atoms with van der Waals surface area (Å²) in [5, 5.41) is 4.88. The molecule has 3 heterocycles. The lowest BCUT2D eigenvalue weighted by Crippen LogP contribution is -2.45. The van der Waals surface area contributed by atoms with Gasteiger partial charge in [-0.15, -0.1) is 0 Å². The van der Waals surface area contributed by atoms with Crippen molar-refractivity contribution in [3.05, 3.63) is 51.5 Å². The molecule has 24 heavy (non-hydrogen) atoms. The van der Waals surface area contributed by atoms with Crippen molar-refractivity contribution in [2.45, 2.75) is 31.2 Å². The summed E-state index contributed by atoms with van der Waals surface area (Å²) in [6.45, 7) is 3.42. The van der Waals surface area contributed by atoms with Crippen LogP contribution in [0, 0.1) is 0 Å². The van der Waals surface area contributed by atoms with Gasteiger partial charge in [-0.2, -0.15) is 0 Å². The maximum atomic E-state index is 6.50. The van der Waals surface area contributed by atoms with Crippen molar-refractivity contribution in [1.29, 1.82) is 0 Å². The van der Waals surface area contributed by atoms with Crippen LogP contribution in [0.1, 0.15) is 29.9 Å². The lowest BCUT2D eigenvalue weighted by Gasteiger charge is -2.36. The zero-order valence-electron chi connectivity index (χ0n) is 13.5. The largest absolute Gasteiger partial charge is 0.367 e. The van der Waals surface area contributed by atoms with E-state index in [2.05, 4.69) is 28.4 Å². The highest BCUT2D eigenvalue weighted by Crippen LogP contribution is 2.49. The van der Waals surface area contributed by atoms with Gasteiger partial charge in [0.1, 0.15) is 0 Å². The summed E-state index contributed by atoms with van der Waals surface area (Å²) in [6.07, 6.45) is 3.65. The summed E-state index contributed by atoms with van der Waals surface area (Å²) in [7, 11) is 0. The van der Waals surface area contributed by atoms with Crippen LogP contribution in [-0.4, -0.2) is 25.7 Å². The van der Waals surface area contributed by atoms with E-state index in [1.54, 1.807) is 0 Å². The second kappa shape index (κ2) is 5.66. The Morgan fingerprint density at radius 1 is 1.17 bits per heavy atom. The molecule has 2 atom stereocenters. The molecule has 3 aliphatic rings. The van der Waals surface area contributed by atoms with E-state index in [1.165, 1.54) is 41.8 Å². The Bertz CT molecular complexity index is 818. The molecule has 0 bridgehead atoms. The van der Waals surface area contributed by atoms with E-state index in [4.69, 9.17) is 23.2 Å². The van der Waals surface area contributed by atoms with Crippen LogP contribution in [0.5, 0.6) is 0 Å². The summed E-state index contributed by atoms with van der Waals surface area (Å²) in [5.74, 6) is 0.600. The van der Waals surface area contributed by atoms with E-state index in [-0.39, 0.29) is 0 Å². The molecule has 0 unspecified atom stereocenters. The van der Waals surface area contributed by atoms with E-state index in [0.29, 0.717) is 22.0 Å². The van der Waals surface area contributed by atoms with Crippen LogP contribution >= 0.6 is 23.2 Å². The van der Waals surface area contributed by atoms with Gasteiger partial charge in [-0.1, -0.05) is 35.3 Å². The van der Waals surface area contributed by atoms with Gasteiger partial charge in [-0.3, -0.25) is 0 Å². The number of fused-ring (bicyclic) bond motifs is 3.